The number of guanidine groups is 1. The minimum absolute atomic E-state index is 0. The Morgan fingerprint density at radius 2 is 1.74 bits per heavy atom. The topological polar surface area (TPSA) is 76.6 Å². The van der Waals surface area contributed by atoms with Gasteiger partial charge in [0.25, 0.3) is 0 Å². The third-order valence-electron chi connectivity index (χ3n) is 5.31. The predicted molar refractivity (Wildman–Crippen MR) is 136 cm³/mol. The van der Waals surface area contributed by atoms with Crippen LogP contribution in [-0.4, -0.2) is 83.7 Å². The van der Waals surface area contributed by atoms with Gasteiger partial charge < -0.3 is 29.6 Å². The minimum atomic E-state index is -0.0152. The van der Waals surface area contributed by atoms with Gasteiger partial charge in [-0.05, 0) is 33.3 Å². The molecule has 0 spiro atoms. The maximum atomic E-state index is 5.58. The van der Waals surface area contributed by atoms with E-state index in [2.05, 4.69) is 36.3 Å². The second-order valence-corrected chi connectivity index (χ2v) is 7.78. The number of methoxy groups -OCH3 is 3. The number of nitrogens with one attached hydrogen (secondary N) is 2. The van der Waals surface area contributed by atoms with E-state index >= 15 is 0 Å². The van der Waals surface area contributed by atoms with Gasteiger partial charge in [-0.1, -0.05) is 6.07 Å². The number of ether oxygens (including phenoxy) is 4. The molecule has 0 aliphatic carbocycles. The Hall–Kier alpha value is -1.46. The van der Waals surface area contributed by atoms with E-state index < -0.39 is 0 Å². The average Bonchev–Trinajstić information content (AvgIpc) is 2.77. The Bertz CT molecular complexity index is 694. The van der Waals surface area contributed by atoms with Crippen molar-refractivity contribution >= 4 is 29.9 Å². The number of nitrogens with zero attached hydrogens (tertiary/aromatic N) is 2. The Morgan fingerprint density at radius 3 is 2.32 bits per heavy atom. The Morgan fingerprint density at radius 1 is 1.06 bits per heavy atom. The van der Waals surface area contributed by atoms with Gasteiger partial charge in [0, 0.05) is 37.3 Å². The molecule has 0 bridgehead atoms. The molecule has 1 aliphatic rings. The summed E-state index contributed by atoms with van der Waals surface area (Å²) in [5, 5.41) is 6.76. The molecule has 1 heterocycles. The highest BCUT2D eigenvalue weighted by Crippen LogP contribution is 2.39. The average molecular weight is 550 g/mol. The number of morpholine rings is 1. The molecule has 178 valence electrons. The monoisotopic (exact) mass is 550 g/mol. The first-order chi connectivity index (χ1) is 14.5. The van der Waals surface area contributed by atoms with Gasteiger partial charge >= 0.3 is 0 Å². The van der Waals surface area contributed by atoms with Gasteiger partial charge in [-0.25, -0.2) is 0 Å². The van der Waals surface area contributed by atoms with Gasteiger partial charge in [0.1, 0.15) is 0 Å². The lowest BCUT2D eigenvalue weighted by molar-refractivity contribution is -0.00683. The zero-order chi connectivity index (χ0) is 22.0. The van der Waals surface area contributed by atoms with Gasteiger partial charge in [-0.15, -0.1) is 24.0 Å². The highest BCUT2D eigenvalue weighted by atomic mass is 127. The molecule has 1 fully saturated rings. The molecule has 1 aliphatic heterocycles. The molecular weight excluding hydrogens is 511 g/mol. The fourth-order valence-corrected chi connectivity index (χ4v) is 3.56. The second-order valence-electron chi connectivity index (χ2n) is 7.78. The van der Waals surface area contributed by atoms with Gasteiger partial charge in [-0.2, -0.15) is 0 Å². The van der Waals surface area contributed by atoms with E-state index in [0.717, 1.165) is 57.3 Å². The van der Waals surface area contributed by atoms with Crippen LogP contribution in [0.15, 0.2) is 17.1 Å². The SMILES string of the molecule is CCNC(=NCC(C)(C)N1CCOCC1)NCCc1ccc(OC)c(OC)c1OC.I. The van der Waals surface area contributed by atoms with Crippen LogP contribution in [0.1, 0.15) is 26.3 Å². The molecule has 1 aromatic rings. The lowest BCUT2D eigenvalue weighted by Crippen LogP contribution is -2.52. The van der Waals surface area contributed by atoms with Crippen molar-refractivity contribution in [3.05, 3.63) is 17.7 Å². The molecular formula is C22H39IN4O4. The standard InChI is InChI=1S/C22H38N4O4.HI/c1-7-23-21(25-16-22(2,3)26-12-14-30-15-13-26)24-11-10-17-8-9-18(27-4)20(29-6)19(17)28-5;/h8-9H,7,10-16H2,1-6H3,(H2,23,24,25);1H. The van der Waals surface area contributed by atoms with Crippen LogP contribution in [0.5, 0.6) is 17.2 Å². The minimum Gasteiger partial charge on any atom is -0.493 e. The van der Waals surface area contributed by atoms with Crippen LogP contribution < -0.4 is 24.8 Å². The number of hydrogen-bond acceptors (Lipinski definition) is 6. The number of benzene rings is 1. The van der Waals surface area contributed by atoms with E-state index in [1.165, 1.54) is 0 Å². The first-order valence-electron chi connectivity index (χ1n) is 10.6. The molecule has 0 radical (unpaired) electrons. The van der Waals surface area contributed by atoms with Crippen molar-refractivity contribution in [1.29, 1.82) is 0 Å². The predicted octanol–water partition coefficient (Wildman–Crippen LogP) is 2.54. The fourth-order valence-electron chi connectivity index (χ4n) is 3.56. The fraction of sp³-hybridized carbons (Fsp3) is 0.682. The second kappa shape index (κ2) is 13.8. The summed E-state index contributed by atoms with van der Waals surface area (Å²) in [6.07, 6.45) is 0.765. The molecule has 1 aromatic carbocycles. The molecule has 0 saturated carbocycles. The lowest BCUT2D eigenvalue weighted by Gasteiger charge is -2.39. The summed E-state index contributed by atoms with van der Waals surface area (Å²) in [4.78, 5) is 7.27. The van der Waals surface area contributed by atoms with E-state index in [4.69, 9.17) is 23.9 Å². The quantitative estimate of drug-likeness (QED) is 0.264. The van der Waals surface area contributed by atoms with Crippen LogP contribution in [0.2, 0.25) is 0 Å². The van der Waals surface area contributed by atoms with Crippen LogP contribution in [-0.2, 0) is 11.2 Å². The number of rotatable bonds is 10. The van der Waals surface area contributed by atoms with E-state index in [-0.39, 0.29) is 29.5 Å². The summed E-state index contributed by atoms with van der Waals surface area (Å²) < 4.78 is 21.9. The highest BCUT2D eigenvalue weighted by molar-refractivity contribution is 14.0. The molecule has 0 amide bonds. The van der Waals surface area contributed by atoms with Crippen LogP contribution in [0.4, 0.5) is 0 Å². The largest absolute Gasteiger partial charge is 0.493 e. The normalized spacial score (nSPS) is 15.1. The molecule has 2 rings (SSSR count). The van der Waals surface area contributed by atoms with Gasteiger partial charge in [0.2, 0.25) is 5.75 Å². The van der Waals surface area contributed by atoms with Crippen LogP contribution in [0.25, 0.3) is 0 Å². The van der Waals surface area contributed by atoms with Gasteiger partial charge in [0.15, 0.2) is 17.5 Å². The zero-order valence-electron chi connectivity index (χ0n) is 19.7. The summed E-state index contributed by atoms with van der Waals surface area (Å²) in [5.41, 5.74) is 1.03. The molecule has 31 heavy (non-hydrogen) atoms. The van der Waals surface area contributed by atoms with E-state index in [0.29, 0.717) is 23.8 Å². The van der Waals surface area contributed by atoms with Crippen molar-refractivity contribution in [3.8, 4) is 17.2 Å². The van der Waals surface area contributed by atoms with Crippen LogP contribution >= 0.6 is 24.0 Å². The molecule has 2 N–H and O–H groups in total. The van der Waals surface area contributed by atoms with E-state index in [1.54, 1.807) is 21.3 Å². The first kappa shape index (κ1) is 27.6. The maximum Gasteiger partial charge on any atom is 0.203 e. The van der Waals surface area contributed by atoms with Crippen LogP contribution in [0.3, 0.4) is 0 Å². The Balaban J connectivity index is 0.00000480. The smallest absolute Gasteiger partial charge is 0.203 e. The van der Waals surface area contributed by atoms with Gasteiger partial charge in [0.05, 0.1) is 41.1 Å². The van der Waals surface area contributed by atoms with Gasteiger partial charge in [-0.3, -0.25) is 9.89 Å². The number of hydrogen-bond donors (Lipinski definition) is 2. The molecule has 8 nitrogen and oxygen atoms in total. The zero-order valence-corrected chi connectivity index (χ0v) is 22.1. The van der Waals surface area contributed by atoms with Crippen molar-refractivity contribution < 1.29 is 18.9 Å². The van der Waals surface area contributed by atoms with Crippen molar-refractivity contribution in [2.45, 2.75) is 32.7 Å². The Kier molecular flexibility index (Phi) is 12.3. The molecule has 9 heteroatoms. The molecule has 0 aromatic heterocycles. The summed E-state index contributed by atoms with van der Waals surface area (Å²) in [6, 6.07) is 3.91. The van der Waals surface area contributed by atoms with E-state index in [9.17, 15) is 0 Å². The highest BCUT2D eigenvalue weighted by Gasteiger charge is 2.28. The Labute approximate surface area is 204 Å². The first-order valence-corrected chi connectivity index (χ1v) is 10.6. The third kappa shape index (κ3) is 7.87. The third-order valence-corrected chi connectivity index (χ3v) is 5.31. The molecule has 0 atom stereocenters. The lowest BCUT2D eigenvalue weighted by atomic mass is 10.0. The summed E-state index contributed by atoms with van der Waals surface area (Å²) in [6.45, 7) is 12.3. The van der Waals surface area contributed by atoms with Crippen molar-refractivity contribution in [2.24, 2.45) is 4.99 Å². The summed E-state index contributed by atoms with van der Waals surface area (Å²) in [7, 11) is 4.89. The summed E-state index contributed by atoms with van der Waals surface area (Å²) in [5.74, 6) is 2.80. The van der Waals surface area contributed by atoms with Crippen molar-refractivity contribution in [3.63, 3.8) is 0 Å². The molecule has 1 saturated heterocycles. The van der Waals surface area contributed by atoms with Crippen molar-refractivity contribution in [2.75, 3.05) is 67.3 Å². The number of aliphatic imine (C=N–C) groups is 1. The van der Waals surface area contributed by atoms with Crippen LogP contribution in [0, 0.1) is 0 Å². The maximum absolute atomic E-state index is 5.58. The van der Waals surface area contributed by atoms with Crippen molar-refractivity contribution in [1.82, 2.24) is 15.5 Å². The van der Waals surface area contributed by atoms with E-state index in [1.807, 2.05) is 12.1 Å². The number of halogens is 1. The summed E-state index contributed by atoms with van der Waals surface area (Å²) >= 11 is 0. The molecule has 0 unspecified atom stereocenters.